The minimum Gasteiger partial charge on any atom is -0.340 e. The monoisotopic (exact) mass is 424 g/mol. The maximum Gasteiger partial charge on any atom is 0.258 e. The van der Waals surface area contributed by atoms with Gasteiger partial charge in [-0.3, -0.25) is 4.79 Å². The van der Waals surface area contributed by atoms with Crippen molar-refractivity contribution < 1.29 is 18.0 Å². The Morgan fingerprint density at radius 2 is 1.71 bits per heavy atom. The van der Waals surface area contributed by atoms with Crippen LogP contribution in [0.4, 0.5) is 30.4 Å². The number of aryl methyl sites for hydroxylation is 1. The highest BCUT2D eigenvalue weighted by Crippen LogP contribution is 2.21. The van der Waals surface area contributed by atoms with Gasteiger partial charge in [-0.05, 0) is 49.4 Å². The zero-order valence-electron chi connectivity index (χ0n) is 16.1. The molecule has 0 aliphatic heterocycles. The third-order valence-corrected chi connectivity index (χ3v) is 4.26. The molecule has 31 heavy (non-hydrogen) atoms. The maximum absolute atomic E-state index is 13.8. The number of benzene rings is 2. The Morgan fingerprint density at radius 3 is 2.42 bits per heavy atom. The van der Waals surface area contributed by atoms with Crippen LogP contribution in [0.15, 0.2) is 60.9 Å². The molecular weight excluding hydrogens is 409 g/mol. The Hall–Kier alpha value is -4.21. The van der Waals surface area contributed by atoms with Crippen LogP contribution in [-0.2, 0) is 0 Å². The summed E-state index contributed by atoms with van der Waals surface area (Å²) >= 11 is 0. The predicted molar refractivity (Wildman–Crippen MR) is 108 cm³/mol. The van der Waals surface area contributed by atoms with Crippen molar-refractivity contribution in [3.8, 4) is 5.82 Å². The molecule has 2 aromatic heterocycles. The van der Waals surface area contributed by atoms with Crippen molar-refractivity contribution >= 4 is 23.1 Å². The molecule has 1 amide bonds. The van der Waals surface area contributed by atoms with Crippen molar-refractivity contribution in [2.75, 3.05) is 10.6 Å². The van der Waals surface area contributed by atoms with Crippen LogP contribution in [0.2, 0.25) is 0 Å². The number of hydrogen-bond acceptors (Lipinski definition) is 5. The van der Waals surface area contributed by atoms with Crippen LogP contribution in [0.1, 0.15) is 16.2 Å². The lowest BCUT2D eigenvalue weighted by Gasteiger charge is -2.10. The van der Waals surface area contributed by atoms with Crippen molar-refractivity contribution in [2.45, 2.75) is 6.92 Å². The second-order valence-electron chi connectivity index (χ2n) is 6.49. The maximum atomic E-state index is 13.8. The average Bonchev–Trinajstić information content (AvgIpc) is 3.28. The summed E-state index contributed by atoms with van der Waals surface area (Å²) in [6.07, 6.45) is 3.41. The standard InChI is InChI=1S/C21H15F3N6O/c1-12-26-17(11-18(27-12)30-10-2-9-25-30)28-13-3-5-14(6-4-13)29-21(31)15-7-8-16(22)20(24)19(15)23/h2-11H,1H3,(H,29,31)(H,26,27,28). The van der Waals surface area contributed by atoms with Gasteiger partial charge in [0.1, 0.15) is 11.6 Å². The van der Waals surface area contributed by atoms with E-state index in [1.165, 1.54) is 0 Å². The van der Waals surface area contributed by atoms with Crippen molar-refractivity contribution in [1.82, 2.24) is 19.7 Å². The molecule has 2 N–H and O–H groups in total. The van der Waals surface area contributed by atoms with Crippen LogP contribution in [0.3, 0.4) is 0 Å². The van der Waals surface area contributed by atoms with Crippen molar-refractivity contribution in [1.29, 1.82) is 0 Å². The highest BCUT2D eigenvalue weighted by Gasteiger charge is 2.18. The van der Waals surface area contributed by atoms with Gasteiger partial charge in [0, 0.05) is 29.8 Å². The van der Waals surface area contributed by atoms with Crippen LogP contribution in [0.25, 0.3) is 5.82 Å². The topological polar surface area (TPSA) is 84.7 Å². The van der Waals surface area contributed by atoms with E-state index in [2.05, 4.69) is 25.7 Å². The molecule has 156 valence electrons. The number of aromatic nitrogens is 4. The van der Waals surface area contributed by atoms with Crippen LogP contribution in [0.5, 0.6) is 0 Å². The minimum atomic E-state index is -1.69. The van der Waals surface area contributed by atoms with Crippen LogP contribution in [0, 0.1) is 24.4 Å². The Labute approximate surface area is 174 Å². The van der Waals surface area contributed by atoms with Crippen LogP contribution >= 0.6 is 0 Å². The second-order valence-corrected chi connectivity index (χ2v) is 6.49. The first-order chi connectivity index (χ1) is 14.9. The summed E-state index contributed by atoms with van der Waals surface area (Å²) in [6.45, 7) is 1.76. The molecule has 0 saturated heterocycles. The first-order valence-corrected chi connectivity index (χ1v) is 9.08. The van der Waals surface area contributed by atoms with Crippen LogP contribution in [-0.4, -0.2) is 25.7 Å². The molecule has 2 heterocycles. The van der Waals surface area contributed by atoms with Gasteiger partial charge in [0.05, 0.1) is 5.56 Å². The molecule has 0 aliphatic rings. The van der Waals surface area contributed by atoms with Gasteiger partial charge in [-0.25, -0.2) is 27.8 Å². The molecule has 0 radical (unpaired) electrons. The Kier molecular flexibility index (Phi) is 5.35. The lowest BCUT2D eigenvalue weighted by Crippen LogP contribution is -2.15. The van der Waals surface area contributed by atoms with Gasteiger partial charge in [-0.2, -0.15) is 5.10 Å². The normalized spacial score (nSPS) is 10.7. The third kappa shape index (κ3) is 4.37. The van der Waals surface area contributed by atoms with E-state index in [1.807, 2.05) is 0 Å². The van der Waals surface area contributed by atoms with Gasteiger partial charge < -0.3 is 10.6 Å². The molecule has 0 unspecified atom stereocenters. The second kappa shape index (κ2) is 8.27. The summed E-state index contributed by atoms with van der Waals surface area (Å²) < 4.78 is 41.8. The minimum absolute atomic E-state index is 0.343. The molecule has 4 aromatic rings. The zero-order valence-corrected chi connectivity index (χ0v) is 16.1. The number of anilines is 3. The predicted octanol–water partition coefficient (Wildman–Crippen LogP) is 4.38. The number of carbonyl (C=O) groups is 1. The van der Waals surface area contributed by atoms with E-state index in [1.54, 1.807) is 60.4 Å². The van der Waals surface area contributed by atoms with Gasteiger partial charge in [-0.1, -0.05) is 0 Å². The SMILES string of the molecule is Cc1nc(Nc2ccc(NC(=O)c3ccc(F)c(F)c3F)cc2)cc(-n2cccn2)n1. The smallest absolute Gasteiger partial charge is 0.258 e. The molecule has 7 nitrogen and oxygen atoms in total. The number of rotatable bonds is 5. The summed E-state index contributed by atoms with van der Waals surface area (Å²) in [5.74, 6) is -3.80. The first kappa shape index (κ1) is 20.1. The molecule has 10 heteroatoms. The van der Waals surface area contributed by atoms with E-state index in [0.29, 0.717) is 34.9 Å². The van der Waals surface area contributed by atoms with Gasteiger partial charge in [0.25, 0.3) is 5.91 Å². The quantitative estimate of drug-likeness (QED) is 0.465. The summed E-state index contributed by atoms with van der Waals surface area (Å²) in [4.78, 5) is 20.8. The van der Waals surface area contributed by atoms with Gasteiger partial charge in [0.2, 0.25) is 0 Å². The fraction of sp³-hybridized carbons (Fsp3) is 0.0476. The highest BCUT2D eigenvalue weighted by molar-refractivity contribution is 6.04. The number of hydrogen-bond donors (Lipinski definition) is 2. The van der Waals surface area contributed by atoms with E-state index < -0.39 is 28.9 Å². The van der Waals surface area contributed by atoms with Crippen molar-refractivity contribution in [2.24, 2.45) is 0 Å². The van der Waals surface area contributed by atoms with Crippen LogP contribution < -0.4 is 10.6 Å². The van der Waals surface area contributed by atoms with E-state index in [9.17, 15) is 18.0 Å². The molecule has 0 aliphatic carbocycles. The van der Waals surface area contributed by atoms with Crippen molar-refractivity contribution in [3.63, 3.8) is 0 Å². The summed E-state index contributed by atoms with van der Waals surface area (Å²) in [7, 11) is 0. The summed E-state index contributed by atoms with van der Waals surface area (Å²) in [5.41, 5.74) is 0.418. The first-order valence-electron chi connectivity index (χ1n) is 9.08. The van der Waals surface area contributed by atoms with Crippen molar-refractivity contribution in [3.05, 3.63) is 89.8 Å². The third-order valence-electron chi connectivity index (χ3n) is 4.26. The summed E-state index contributed by atoms with van der Waals surface area (Å²) in [6, 6.07) is 11.6. The zero-order chi connectivity index (χ0) is 22.0. The van der Waals surface area contributed by atoms with E-state index in [-0.39, 0.29) is 0 Å². The van der Waals surface area contributed by atoms with E-state index in [4.69, 9.17) is 0 Å². The molecule has 0 atom stereocenters. The fourth-order valence-corrected chi connectivity index (χ4v) is 2.82. The van der Waals surface area contributed by atoms with Gasteiger partial charge in [-0.15, -0.1) is 0 Å². The molecular formula is C21H15F3N6O. The Morgan fingerprint density at radius 1 is 0.968 bits per heavy atom. The molecule has 0 bridgehead atoms. The number of carbonyl (C=O) groups excluding carboxylic acids is 1. The Balaban J connectivity index is 1.48. The molecule has 0 fully saturated rings. The highest BCUT2D eigenvalue weighted by atomic mass is 19.2. The largest absolute Gasteiger partial charge is 0.340 e. The van der Waals surface area contributed by atoms with Gasteiger partial charge >= 0.3 is 0 Å². The van der Waals surface area contributed by atoms with E-state index >= 15 is 0 Å². The number of amides is 1. The van der Waals surface area contributed by atoms with E-state index in [0.717, 1.165) is 6.07 Å². The summed E-state index contributed by atoms with van der Waals surface area (Å²) in [5, 5.41) is 9.71. The number of nitrogens with one attached hydrogen (secondary N) is 2. The lowest BCUT2D eigenvalue weighted by molar-refractivity contribution is 0.102. The average molecular weight is 424 g/mol. The molecule has 4 rings (SSSR count). The fourth-order valence-electron chi connectivity index (χ4n) is 2.82. The molecule has 0 saturated carbocycles. The van der Waals surface area contributed by atoms with Gasteiger partial charge in [0.15, 0.2) is 23.3 Å². The lowest BCUT2D eigenvalue weighted by atomic mass is 10.1. The Bertz CT molecular complexity index is 1240. The number of halogens is 3. The number of nitrogens with zero attached hydrogens (tertiary/aromatic N) is 4. The molecule has 2 aromatic carbocycles. The molecule has 0 spiro atoms.